The highest BCUT2D eigenvalue weighted by molar-refractivity contribution is 5.12. The number of hydrogen-bond acceptors (Lipinski definition) is 4. The number of aliphatic hydroxyl groups is 1. The molecule has 0 fully saturated rings. The highest BCUT2D eigenvalue weighted by Crippen LogP contribution is 2.24. The lowest BCUT2D eigenvalue weighted by Gasteiger charge is -2.27. The van der Waals surface area contributed by atoms with Crippen molar-refractivity contribution < 1.29 is 9.52 Å². The van der Waals surface area contributed by atoms with E-state index in [0.717, 1.165) is 18.7 Å². The van der Waals surface area contributed by atoms with Gasteiger partial charge in [0.05, 0.1) is 6.07 Å². The van der Waals surface area contributed by atoms with Crippen LogP contribution in [0.5, 0.6) is 0 Å². The van der Waals surface area contributed by atoms with Gasteiger partial charge >= 0.3 is 0 Å². The van der Waals surface area contributed by atoms with Crippen LogP contribution < -0.4 is 5.32 Å². The van der Waals surface area contributed by atoms with Crippen molar-refractivity contribution in [2.75, 3.05) is 13.1 Å². The van der Waals surface area contributed by atoms with Crippen LogP contribution in [0.3, 0.4) is 0 Å². The predicted molar refractivity (Wildman–Crippen MR) is 74.5 cm³/mol. The van der Waals surface area contributed by atoms with Gasteiger partial charge < -0.3 is 14.8 Å². The van der Waals surface area contributed by atoms with Gasteiger partial charge in [0, 0.05) is 19.5 Å². The van der Waals surface area contributed by atoms with E-state index in [4.69, 9.17) is 9.68 Å². The third-order valence-corrected chi connectivity index (χ3v) is 3.26. The summed E-state index contributed by atoms with van der Waals surface area (Å²) in [7, 11) is 0. The van der Waals surface area contributed by atoms with Gasteiger partial charge in [-0.05, 0) is 37.8 Å². The van der Waals surface area contributed by atoms with Crippen molar-refractivity contribution in [3.05, 3.63) is 23.7 Å². The normalized spacial score (nSPS) is 14.9. The number of nitrogens with one attached hydrogen (secondary N) is 1. The van der Waals surface area contributed by atoms with Crippen molar-refractivity contribution in [2.24, 2.45) is 5.41 Å². The van der Waals surface area contributed by atoms with Crippen molar-refractivity contribution >= 4 is 0 Å². The maximum atomic E-state index is 10.4. The summed E-state index contributed by atoms with van der Waals surface area (Å²) in [6.07, 6.45) is 1.40. The highest BCUT2D eigenvalue weighted by atomic mass is 16.4. The molecule has 1 aromatic heterocycles. The molecule has 0 bridgehead atoms. The van der Waals surface area contributed by atoms with Gasteiger partial charge in [-0.1, -0.05) is 13.8 Å². The zero-order valence-electron chi connectivity index (χ0n) is 12.3. The molecule has 0 aliphatic rings. The Bertz CT molecular complexity index is 441. The topological polar surface area (TPSA) is 69.2 Å². The summed E-state index contributed by atoms with van der Waals surface area (Å²) in [5.74, 6) is 1.37. The molecule has 0 saturated heterocycles. The molecular formula is C15H24N2O2. The maximum Gasteiger partial charge on any atom is 0.136 e. The second kappa shape index (κ2) is 6.23. The summed E-state index contributed by atoms with van der Waals surface area (Å²) in [6, 6.07) is 5.82. The van der Waals surface area contributed by atoms with E-state index in [9.17, 15) is 5.11 Å². The Labute approximate surface area is 115 Å². The molecule has 1 aromatic rings. The quantitative estimate of drug-likeness (QED) is 0.794. The SMILES string of the molecule is Cc1ccc(C(C)(O)CNCC(C)(C)CCC#N)o1. The lowest BCUT2D eigenvalue weighted by molar-refractivity contribution is 0.0313. The van der Waals surface area contributed by atoms with Crippen LogP contribution >= 0.6 is 0 Å². The molecule has 0 radical (unpaired) electrons. The number of rotatable bonds is 7. The predicted octanol–water partition coefficient (Wildman–Crippen LogP) is 2.72. The van der Waals surface area contributed by atoms with E-state index in [2.05, 4.69) is 25.2 Å². The number of aryl methyl sites for hydroxylation is 1. The molecule has 1 rings (SSSR count). The smallest absolute Gasteiger partial charge is 0.136 e. The minimum atomic E-state index is -1.01. The van der Waals surface area contributed by atoms with E-state index in [1.165, 1.54) is 0 Å². The first kappa shape index (κ1) is 15.7. The van der Waals surface area contributed by atoms with Gasteiger partial charge in [-0.25, -0.2) is 0 Å². The molecule has 4 nitrogen and oxygen atoms in total. The van der Waals surface area contributed by atoms with E-state index in [1.807, 2.05) is 13.0 Å². The van der Waals surface area contributed by atoms with Crippen LogP contribution in [0, 0.1) is 23.7 Å². The molecule has 106 valence electrons. The second-order valence-electron chi connectivity index (χ2n) is 6.11. The Morgan fingerprint density at radius 3 is 2.53 bits per heavy atom. The summed E-state index contributed by atoms with van der Waals surface area (Å²) < 4.78 is 5.46. The third kappa shape index (κ3) is 5.06. The molecule has 1 heterocycles. The van der Waals surface area contributed by atoms with Gasteiger partial charge in [-0.3, -0.25) is 0 Å². The van der Waals surface area contributed by atoms with Crippen molar-refractivity contribution in [1.82, 2.24) is 5.32 Å². The largest absolute Gasteiger partial charge is 0.463 e. The Kier molecular flexibility index (Phi) is 5.16. The van der Waals surface area contributed by atoms with E-state index < -0.39 is 5.60 Å². The second-order valence-corrected chi connectivity index (χ2v) is 6.11. The van der Waals surface area contributed by atoms with E-state index in [0.29, 0.717) is 18.7 Å². The maximum absolute atomic E-state index is 10.4. The average Bonchev–Trinajstić information content (AvgIpc) is 2.73. The van der Waals surface area contributed by atoms with Gasteiger partial charge in [0.2, 0.25) is 0 Å². The van der Waals surface area contributed by atoms with Crippen LogP contribution in [0.4, 0.5) is 0 Å². The van der Waals surface area contributed by atoms with Crippen LogP contribution in [0.25, 0.3) is 0 Å². The minimum Gasteiger partial charge on any atom is -0.463 e. The molecule has 19 heavy (non-hydrogen) atoms. The first-order chi connectivity index (χ1) is 8.77. The van der Waals surface area contributed by atoms with Gasteiger partial charge in [-0.2, -0.15) is 5.26 Å². The summed E-state index contributed by atoms with van der Waals surface area (Å²) in [4.78, 5) is 0. The molecule has 0 saturated carbocycles. The van der Waals surface area contributed by atoms with E-state index in [1.54, 1.807) is 13.0 Å². The molecule has 0 spiro atoms. The van der Waals surface area contributed by atoms with Gasteiger partial charge in [-0.15, -0.1) is 0 Å². The first-order valence-corrected chi connectivity index (χ1v) is 6.64. The van der Waals surface area contributed by atoms with Crippen LogP contribution in [-0.2, 0) is 5.60 Å². The monoisotopic (exact) mass is 264 g/mol. The number of nitrogens with zero attached hydrogens (tertiary/aromatic N) is 1. The van der Waals surface area contributed by atoms with Crippen molar-refractivity contribution in [3.63, 3.8) is 0 Å². The minimum absolute atomic E-state index is 0.0465. The fourth-order valence-corrected chi connectivity index (χ4v) is 1.94. The molecule has 0 aliphatic heterocycles. The lowest BCUT2D eigenvalue weighted by atomic mass is 9.88. The third-order valence-electron chi connectivity index (χ3n) is 3.26. The highest BCUT2D eigenvalue weighted by Gasteiger charge is 2.27. The van der Waals surface area contributed by atoms with Gasteiger partial charge in [0.15, 0.2) is 0 Å². The Morgan fingerprint density at radius 1 is 1.32 bits per heavy atom. The fourth-order valence-electron chi connectivity index (χ4n) is 1.94. The summed E-state index contributed by atoms with van der Waals surface area (Å²) in [5, 5.41) is 22.2. The summed E-state index contributed by atoms with van der Waals surface area (Å²) in [5.41, 5.74) is -0.968. The van der Waals surface area contributed by atoms with E-state index in [-0.39, 0.29) is 5.41 Å². The molecule has 1 atom stereocenters. The summed E-state index contributed by atoms with van der Waals surface area (Å²) in [6.45, 7) is 9.01. The van der Waals surface area contributed by atoms with Crippen molar-refractivity contribution in [3.8, 4) is 6.07 Å². The molecule has 4 heteroatoms. The Balaban J connectivity index is 2.46. The Morgan fingerprint density at radius 2 is 2.00 bits per heavy atom. The zero-order chi connectivity index (χ0) is 14.5. The molecular weight excluding hydrogens is 240 g/mol. The fraction of sp³-hybridized carbons (Fsp3) is 0.667. The van der Waals surface area contributed by atoms with Crippen molar-refractivity contribution in [1.29, 1.82) is 5.26 Å². The number of furan rings is 1. The molecule has 0 amide bonds. The van der Waals surface area contributed by atoms with Gasteiger partial charge in [0.25, 0.3) is 0 Å². The van der Waals surface area contributed by atoms with Crippen LogP contribution in [-0.4, -0.2) is 18.2 Å². The van der Waals surface area contributed by atoms with Crippen LogP contribution in [0.15, 0.2) is 16.5 Å². The van der Waals surface area contributed by atoms with Crippen LogP contribution in [0.2, 0.25) is 0 Å². The first-order valence-electron chi connectivity index (χ1n) is 6.64. The van der Waals surface area contributed by atoms with Crippen molar-refractivity contribution in [2.45, 2.75) is 46.1 Å². The molecule has 1 unspecified atom stereocenters. The Hall–Kier alpha value is -1.31. The molecule has 0 aliphatic carbocycles. The van der Waals surface area contributed by atoms with Crippen LogP contribution in [0.1, 0.15) is 45.1 Å². The number of nitriles is 1. The standard InChI is InChI=1S/C15H24N2O2/c1-12-6-7-13(19-12)15(4,18)11-17-10-14(2,3)8-5-9-16/h6-7,17-18H,5,8,10-11H2,1-4H3. The van der Waals surface area contributed by atoms with Gasteiger partial charge in [0.1, 0.15) is 17.1 Å². The zero-order valence-corrected chi connectivity index (χ0v) is 12.3. The molecule has 0 aromatic carbocycles. The average molecular weight is 264 g/mol. The van der Waals surface area contributed by atoms with E-state index >= 15 is 0 Å². The number of hydrogen-bond donors (Lipinski definition) is 2. The lowest BCUT2D eigenvalue weighted by Crippen LogP contribution is -2.39. The summed E-state index contributed by atoms with van der Waals surface area (Å²) >= 11 is 0. The molecule has 2 N–H and O–H groups in total.